The molecule has 9 nitrogen and oxygen atoms in total. The number of hydrogen-bond acceptors (Lipinski definition) is 6. The first-order chi connectivity index (χ1) is 15.1. The van der Waals surface area contributed by atoms with Gasteiger partial charge in [-0.15, -0.1) is 0 Å². The standard InChI is InChI=1S/C22H28N4O5S/c1-25(2)32(30,31)20-11-17(22(29)26-9-3-4-16(14-26)21(23)28)10-18(12-20)24-13-15-5-7-19(27)8-6-15/h5-8,10-12,16,24,27H,3-4,9,13-14H2,1-2H3,(H2,23,28). The molecule has 10 heteroatoms. The monoisotopic (exact) mass is 460 g/mol. The van der Waals surface area contributed by atoms with Crippen molar-refractivity contribution in [1.29, 1.82) is 0 Å². The van der Waals surface area contributed by atoms with Gasteiger partial charge in [0.05, 0.1) is 10.8 Å². The number of phenolic OH excluding ortho intramolecular Hbond substituents is 1. The normalized spacial score (nSPS) is 16.7. The number of aromatic hydroxyl groups is 1. The number of hydrogen-bond donors (Lipinski definition) is 3. The molecule has 1 aliphatic heterocycles. The first-order valence-electron chi connectivity index (χ1n) is 10.3. The highest BCUT2D eigenvalue weighted by molar-refractivity contribution is 7.89. The van der Waals surface area contributed by atoms with Crippen molar-refractivity contribution >= 4 is 27.5 Å². The summed E-state index contributed by atoms with van der Waals surface area (Å²) in [7, 11) is -0.931. The molecular weight excluding hydrogens is 432 g/mol. The summed E-state index contributed by atoms with van der Waals surface area (Å²) in [5.41, 5.74) is 6.98. The van der Waals surface area contributed by atoms with Gasteiger partial charge < -0.3 is 21.1 Å². The lowest BCUT2D eigenvalue weighted by Crippen LogP contribution is -2.44. The van der Waals surface area contributed by atoms with Gasteiger partial charge in [0.15, 0.2) is 0 Å². The molecule has 0 bridgehead atoms. The number of nitrogens with one attached hydrogen (secondary N) is 1. The molecule has 1 unspecified atom stereocenters. The van der Waals surface area contributed by atoms with Gasteiger partial charge in [-0.3, -0.25) is 9.59 Å². The van der Waals surface area contributed by atoms with Crippen molar-refractivity contribution in [2.24, 2.45) is 11.7 Å². The number of rotatable bonds is 7. The molecular formula is C22H28N4O5S. The molecule has 2 aromatic rings. The Morgan fingerprint density at radius 1 is 1.19 bits per heavy atom. The lowest BCUT2D eigenvalue weighted by molar-refractivity contribution is -0.123. The number of nitrogens with two attached hydrogens (primary N) is 1. The molecule has 1 saturated heterocycles. The van der Waals surface area contributed by atoms with E-state index in [-0.39, 0.29) is 28.7 Å². The first kappa shape index (κ1) is 23.6. The molecule has 4 N–H and O–H groups in total. The van der Waals surface area contributed by atoms with E-state index in [2.05, 4.69) is 5.32 Å². The van der Waals surface area contributed by atoms with E-state index in [9.17, 15) is 23.1 Å². The van der Waals surface area contributed by atoms with Crippen LogP contribution in [0.3, 0.4) is 0 Å². The van der Waals surface area contributed by atoms with E-state index < -0.39 is 21.8 Å². The number of primary amides is 1. The number of likely N-dealkylation sites (tertiary alicyclic amines) is 1. The van der Waals surface area contributed by atoms with Crippen LogP contribution < -0.4 is 11.1 Å². The Balaban J connectivity index is 1.92. The minimum atomic E-state index is -3.78. The smallest absolute Gasteiger partial charge is 0.253 e. The zero-order valence-corrected chi connectivity index (χ0v) is 18.9. The van der Waals surface area contributed by atoms with Gasteiger partial charge in [-0.25, -0.2) is 12.7 Å². The fraction of sp³-hybridized carbons (Fsp3) is 0.364. The molecule has 2 amide bonds. The van der Waals surface area contributed by atoms with Crippen molar-refractivity contribution < 1.29 is 23.1 Å². The minimum absolute atomic E-state index is 0.00924. The average molecular weight is 461 g/mol. The highest BCUT2D eigenvalue weighted by atomic mass is 32.2. The summed E-state index contributed by atoms with van der Waals surface area (Å²) in [6, 6.07) is 11.0. The maximum atomic E-state index is 13.2. The molecule has 0 spiro atoms. The van der Waals surface area contributed by atoms with Crippen LogP contribution in [0.1, 0.15) is 28.8 Å². The van der Waals surface area contributed by atoms with Gasteiger partial charge >= 0.3 is 0 Å². The predicted molar refractivity (Wildman–Crippen MR) is 121 cm³/mol. The molecule has 32 heavy (non-hydrogen) atoms. The Kier molecular flexibility index (Phi) is 7.05. The molecule has 0 saturated carbocycles. The van der Waals surface area contributed by atoms with E-state index in [4.69, 9.17) is 5.73 Å². The maximum absolute atomic E-state index is 13.2. The quantitative estimate of drug-likeness (QED) is 0.575. The number of piperidine rings is 1. The molecule has 2 aromatic carbocycles. The molecule has 3 rings (SSSR count). The summed E-state index contributed by atoms with van der Waals surface area (Å²) in [5, 5.41) is 12.6. The summed E-state index contributed by atoms with van der Waals surface area (Å²) < 4.78 is 26.6. The number of anilines is 1. The average Bonchev–Trinajstić information content (AvgIpc) is 2.78. The first-order valence-corrected chi connectivity index (χ1v) is 11.7. The number of carbonyl (C=O) groups excluding carboxylic acids is 2. The summed E-state index contributed by atoms with van der Waals surface area (Å²) in [6.45, 7) is 1.06. The summed E-state index contributed by atoms with van der Waals surface area (Å²) >= 11 is 0. The molecule has 0 aliphatic carbocycles. The SMILES string of the molecule is CN(C)S(=O)(=O)c1cc(NCc2ccc(O)cc2)cc(C(=O)N2CCCC(C(N)=O)C2)c1. The van der Waals surface area contributed by atoms with E-state index in [1.54, 1.807) is 35.2 Å². The number of nitrogens with zero attached hydrogens (tertiary/aromatic N) is 2. The lowest BCUT2D eigenvalue weighted by atomic mass is 9.97. The van der Waals surface area contributed by atoms with Crippen molar-refractivity contribution in [3.05, 3.63) is 53.6 Å². The topological polar surface area (TPSA) is 133 Å². The van der Waals surface area contributed by atoms with Crippen LogP contribution in [-0.2, 0) is 21.4 Å². The Morgan fingerprint density at radius 2 is 1.88 bits per heavy atom. The summed E-state index contributed by atoms with van der Waals surface area (Å²) in [5.74, 6) is -1.05. The second-order valence-corrected chi connectivity index (χ2v) is 10.2. The third kappa shape index (κ3) is 5.38. The van der Waals surface area contributed by atoms with Gasteiger partial charge in [0.1, 0.15) is 5.75 Å². The van der Waals surface area contributed by atoms with E-state index in [1.165, 1.54) is 26.2 Å². The number of benzene rings is 2. The molecule has 172 valence electrons. The molecule has 0 aromatic heterocycles. The van der Waals surface area contributed by atoms with Crippen molar-refractivity contribution in [1.82, 2.24) is 9.21 Å². The highest BCUT2D eigenvalue weighted by Crippen LogP contribution is 2.25. The van der Waals surface area contributed by atoms with Crippen LogP contribution in [0.2, 0.25) is 0 Å². The Morgan fingerprint density at radius 3 is 2.50 bits per heavy atom. The fourth-order valence-corrected chi connectivity index (χ4v) is 4.55. The van der Waals surface area contributed by atoms with Crippen molar-refractivity contribution in [2.45, 2.75) is 24.3 Å². The third-order valence-corrected chi connectivity index (χ3v) is 7.27. The molecule has 0 radical (unpaired) electrons. The van der Waals surface area contributed by atoms with Gasteiger partial charge in [-0.2, -0.15) is 0 Å². The number of phenols is 1. The van der Waals surface area contributed by atoms with Crippen LogP contribution in [0.4, 0.5) is 5.69 Å². The van der Waals surface area contributed by atoms with Crippen molar-refractivity contribution in [2.75, 3.05) is 32.5 Å². The zero-order chi connectivity index (χ0) is 23.5. The van der Waals surface area contributed by atoms with E-state index >= 15 is 0 Å². The second-order valence-electron chi connectivity index (χ2n) is 8.05. The van der Waals surface area contributed by atoms with Crippen LogP contribution >= 0.6 is 0 Å². The lowest BCUT2D eigenvalue weighted by Gasteiger charge is -2.31. The van der Waals surface area contributed by atoms with Crippen molar-refractivity contribution in [3.63, 3.8) is 0 Å². The van der Waals surface area contributed by atoms with Crippen LogP contribution in [-0.4, -0.2) is 61.7 Å². The van der Waals surface area contributed by atoms with Gasteiger partial charge in [-0.05, 0) is 48.7 Å². The summed E-state index contributed by atoms with van der Waals surface area (Å²) in [4.78, 5) is 26.3. The summed E-state index contributed by atoms with van der Waals surface area (Å²) in [6.07, 6.45) is 1.29. The minimum Gasteiger partial charge on any atom is -0.508 e. The van der Waals surface area contributed by atoms with Crippen LogP contribution in [0, 0.1) is 5.92 Å². The van der Waals surface area contributed by atoms with Gasteiger partial charge in [-0.1, -0.05) is 12.1 Å². The van der Waals surface area contributed by atoms with Gasteiger partial charge in [0.25, 0.3) is 5.91 Å². The van der Waals surface area contributed by atoms with Crippen LogP contribution in [0.15, 0.2) is 47.4 Å². The Labute approximate surface area is 187 Å². The second kappa shape index (κ2) is 9.58. The maximum Gasteiger partial charge on any atom is 0.253 e. The Hall–Kier alpha value is -3.11. The van der Waals surface area contributed by atoms with Gasteiger partial charge in [0.2, 0.25) is 15.9 Å². The number of amides is 2. The van der Waals surface area contributed by atoms with E-state index in [0.29, 0.717) is 31.6 Å². The largest absolute Gasteiger partial charge is 0.508 e. The third-order valence-electron chi connectivity index (χ3n) is 5.48. The molecule has 1 fully saturated rings. The number of sulfonamides is 1. The fourth-order valence-electron chi connectivity index (χ4n) is 3.58. The zero-order valence-electron chi connectivity index (χ0n) is 18.1. The van der Waals surface area contributed by atoms with E-state index in [1.807, 2.05) is 0 Å². The number of carbonyl (C=O) groups is 2. The van der Waals surface area contributed by atoms with E-state index in [0.717, 1.165) is 9.87 Å². The highest BCUT2D eigenvalue weighted by Gasteiger charge is 2.29. The van der Waals surface area contributed by atoms with Crippen molar-refractivity contribution in [3.8, 4) is 5.75 Å². The van der Waals surface area contributed by atoms with Gasteiger partial charge in [0, 0.05) is 45.0 Å². The molecule has 1 aliphatic rings. The predicted octanol–water partition coefficient (Wildman–Crippen LogP) is 1.59. The van der Waals surface area contributed by atoms with Crippen LogP contribution in [0.25, 0.3) is 0 Å². The molecule has 1 atom stereocenters. The van der Waals surface area contributed by atoms with Crippen LogP contribution in [0.5, 0.6) is 5.75 Å². The Bertz CT molecular complexity index is 1100. The molecule has 1 heterocycles.